The fourth-order valence-corrected chi connectivity index (χ4v) is 3.87. The second kappa shape index (κ2) is 6.13. The van der Waals surface area contributed by atoms with Gasteiger partial charge in [0.05, 0.1) is 16.8 Å². The molecule has 5 rings (SSSR count). The maximum Gasteiger partial charge on any atom is 0.336 e. The van der Waals surface area contributed by atoms with E-state index in [9.17, 15) is 9.90 Å². The quantitative estimate of drug-likeness (QED) is 0.743. The minimum Gasteiger partial charge on any atom is -0.486 e. The Morgan fingerprint density at radius 3 is 2.70 bits per heavy atom. The molecule has 0 saturated carbocycles. The van der Waals surface area contributed by atoms with Crippen LogP contribution in [-0.2, 0) is 6.42 Å². The lowest BCUT2D eigenvalue weighted by molar-refractivity contribution is 0.0698. The molecule has 1 aromatic heterocycles. The Kier molecular flexibility index (Phi) is 3.60. The van der Waals surface area contributed by atoms with Crippen molar-refractivity contribution >= 4 is 28.5 Å². The van der Waals surface area contributed by atoms with E-state index in [4.69, 9.17) is 14.5 Å². The zero-order valence-corrected chi connectivity index (χ0v) is 14.6. The minimum atomic E-state index is -0.898. The van der Waals surface area contributed by atoms with Crippen molar-refractivity contribution in [2.24, 2.45) is 0 Å². The first-order valence-electron chi connectivity index (χ1n) is 8.96. The van der Waals surface area contributed by atoms with Crippen LogP contribution in [0.2, 0.25) is 0 Å². The molecule has 0 radical (unpaired) electrons. The van der Waals surface area contributed by atoms with Crippen LogP contribution in [0, 0.1) is 0 Å². The summed E-state index contributed by atoms with van der Waals surface area (Å²) < 4.78 is 11.2. The smallest absolute Gasteiger partial charge is 0.336 e. The molecule has 0 fully saturated rings. The molecule has 0 bridgehead atoms. The van der Waals surface area contributed by atoms with Gasteiger partial charge in [-0.15, -0.1) is 0 Å². The van der Waals surface area contributed by atoms with Gasteiger partial charge in [0.25, 0.3) is 0 Å². The highest BCUT2D eigenvalue weighted by Crippen LogP contribution is 2.38. The van der Waals surface area contributed by atoms with Crippen LogP contribution >= 0.6 is 0 Å². The summed E-state index contributed by atoms with van der Waals surface area (Å²) >= 11 is 0. The molecule has 0 saturated heterocycles. The summed E-state index contributed by atoms with van der Waals surface area (Å²) in [6, 6.07) is 13.3. The number of ether oxygens (including phenoxy) is 2. The predicted octanol–water partition coefficient (Wildman–Crippen LogP) is 4.19. The summed E-state index contributed by atoms with van der Waals surface area (Å²) in [7, 11) is 0. The third-order valence-electron chi connectivity index (χ3n) is 5.06. The van der Waals surface area contributed by atoms with Gasteiger partial charge in [0, 0.05) is 5.39 Å². The molecule has 2 aromatic carbocycles. The topological polar surface area (TPSA) is 68.7 Å². The van der Waals surface area contributed by atoms with E-state index in [0.717, 1.165) is 40.3 Å². The molecule has 1 N–H and O–H groups in total. The first-order chi connectivity index (χ1) is 13.2. The standard InChI is InChI=1S/C22H17NO4/c24-22(25)20-15-3-1-2-4-17(15)23-21-14(6-7-16(20)21)11-13-5-8-18-19(12-13)27-10-9-26-18/h1-5,8,11-12H,6-7,9-10H2,(H,24,25). The van der Waals surface area contributed by atoms with Crippen LogP contribution < -0.4 is 9.47 Å². The third-order valence-corrected chi connectivity index (χ3v) is 5.06. The van der Waals surface area contributed by atoms with Crippen LogP contribution in [0.4, 0.5) is 0 Å². The van der Waals surface area contributed by atoms with Gasteiger partial charge in [0.2, 0.25) is 0 Å². The Labute approximate surface area is 155 Å². The van der Waals surface area contributed by atoms with Gasteiger partial charge in [-0.25, -0.2) is 9.78 Å². The first kappa shape index (κ1) is 15.9. The molecule has 3 aromatic rings. The summed E-state index contributed by atoms with van der Waals surface area (Å²) in [4.78, 5) is 16.7. The average Bonchev–Trinajstić information content (AvgIpc) is 3.08. The number of fused-ring (bicyclic) bond motifs is 3. The number of pyridine rings is 1. The number of carbonyl (C=O) groups is 1. The van der Waals surface area contributed by atoms with Crippen molar-refractivity contribution in [3.63, 3.8) is 0 Å². The molecule has 0 amide bonds. The van der Waals surface area contributed by atoms with E-state index >= 15 is 0 Å². The normalized spacial score (nSPS) is 16.5. The maximum absolute atomic E-state index is 11.9. The summed E-state index contributed by atoms with van der Waals surface area (Å²) in [6.45, 7) is 1.11. The predicted molar refractivity (Wildman–Crippen MR) is 102 cm³/mol. The monoisotopic (exact) mass is 359 g/mol. The number of allylic oxidation sites excluding steroid dienone is 1. The molecule has 0 spiro atoms. The molecule has 0 unspecified atom stereocenters. The molecule has 2 aliphatic rings. The first-order valence-corrected chi connectivity index (χ1v) is 8.96. The SMILES string of the molecule is O=C(O)c1c2c(nc3ccccc13)C(=Cc1ccc3c(c1)OCCO3)CC2. The number of aromatic nitrogens is 1. The molecule has 0 atom stereocenters. The molecule has 1 aliphatic carbocycles. The van der Waals surface area contributed by atoms with E-state index in [0.29, 0.717) is 36.1 Å². The Bertz CT molecular complexity index is 1120. The van der Waals surface area contributed by atoms with Crippen molar-refractivity contribution in [2.45, 2.75) is 12.8 Å². The summed E-state index contributed by atoms with van der Waals surface area (Å²) in [5.41, 5.74) is 4.75. The lowest BCUT2D eigenvalue weighted by Crippen LogP contribution is -2.15. The fourth-order valence-electron chi connectivity index (χ4n) is 3.87. The maximum atomic E-state index is 11.9. The number of carboxylic acid groups (broad SMARTS) is 1. The number of carboxylic acids is 1. The van der Waals surface area contributed by atoms with E-state index in [2.05, 4.69) is 6.08 Å². The Morgan fingerprint density at radius 2 is 1.85 bits per heavy atom. The van der Waals surface area contributed by atoms with Gasteiger partial charge in [-0.2, -0.15) is 0 Å². The fraction of sp³-hybridized carbons (Fsp3) is 0.182. The van der Waals surface area contributed by atoms with Crippen molar-refractivity contribution in [1.29, 1.82) is 0 Å². The summed E-state index contributed by atoms with van der Waals surface area (Å²) in [6.07, 6.45) is 3.52. The molecule has 27 heavy (non-hydrogen) atoms. The van der Waals surface area contributed by atoms with Gasteiger partial charge >= 0.3 is 5.97 Å². The molecule has 134 valence electrons. The van der Waals surface area contributed by atoms with Crippen molar-refractivity contribution in [3.05, 3.63) is 64.8 Å². The van der Waals surface area contributed by atoms with Crippen molar-refractivity contribution in [2.75, 3.05) is 13.2 Å². The molecular weight excluding hydrogens is 342 g/mol. The van der Waals surface area contributed by atoms with Gasteiger partial charge in [0.1, 0.15) is 13.2 Å². The Morgan fingerprint density at radius 1 is 1.04 bits per heavy atom. The molecular formula is C22H17NO4. The number of rotatable bonds is 2. The highest BCUT2D eigenvalue weighted by Gasteiger charge is 2.26. The van der Waals surface area contributed by atoms with Crippen LogP contribution in [0.3, 0.4) is 0 Å². The minimum absolute atomic E-state index is 0.376. The lowest BCUT2D eigenvalue weighted by atomic mass is 10.0. The van der Waals surface area contributed by atoms with Gasteiger partial charge in [-0.1, -0.05) is 24.3 Å². The number of benzene rings is 2. The number of hydrogen-bond donors (Lipinski definition) is 1. The molecule has 5 heteroatoms. The van der Waals surface area contributed by atoms with E-state index in [-0.39, 0.29) is 0 Å². The van der Waals surface area contributed by atoms with E-state index < -0.39 is 5.97 Å². The number of aromatic carboxylic acids is 1. The Hall–Kier alpha value is -3.34. The van der Waals surface area contributed by atoms with Gasteiger partial charge in [0.15, 0.2) is 11.5 Å². The van der Waals surface area contributed by atoms with Crippen LogP contribution in [-0.4, -0.2) is 29.3 Å². The highest BCUT2D eigenvalue weighted by atomic mass is 16.6. The van der Waals surface area contributed by atoms with Crippen LogP contribution in [0.25, 0.3) is 22.6 Å². The number of para-hydroxylation sites is 1. The molecule has 2 heterocycles. The average molecular weight is 359 g/mol. The second-order valence-corrected chi connectivity index (χ2v) is 6.71. The van der Waals surface area contributed by atoms with E-state index in [1.165, 1.54) is 0 Å². The number of hydrogen-bond acceptors (Lipinski definition) is 4. The van der Waals surface area contributed by atoms with Crippen LogP contribution in [0.5, 0.6) is 11.5 Å². The number of nitrogens with zero attached hydrogens (tertiary/aromatic N) is 1. The van der Waals surface area contributed by atoms with Crippen LogP contribution in [0.15, 0.2) is 42.5 Å². The third kappa shape index (κ3) is 2.63. The van der Waals surface area contributed by atoms with Gasteiger partial charge in [-0.3, -0.25) is 0 Å². The van der Waals surface area contributed by atoms with E-state index in [1.54, 1.807) is 0 Å². The molecule has 1 aliphatic heterocycles. The highest BCUT2D eigenvalue weighted by molar-refractivity contribution is 6.06. The summed E-state index contributed by atoms with van der Waals surface area (Å²) in [5.74, 6) is 0.601. The largest absolute Gasteiger partial charge is 0.486 e. The van der Waals surface area contributed by atoms with Crippen molar-refractivity contribution in [3.8, 4) is 11.5 Å². The van der Waals surface area contributed by atoms with Gasteiger partial charge in [-0.05, 0) is 53.8 Å². The summed E-state index contributed by atoms with van der Waals surface area (Å²) in [5, 5.41) is 10.5. The zero-order chi connectivity index (χ0) is 18.4. The van der Waals surface area contributed by atoms with E-state index in [1.807, 2.05) is 42.5 Å². The lowest BCUT2D eigenvalue weighted by Gasteiger charge is -2.18. The van der Waals surface area contributed by atoms with Crippen molar-refractivity contribution < 1.29 is 19.4 Å². The second-order valence-electron chi connectivity index (χ2n) is 6.71. The Balaban J connectivity index is 1.64. The van der Waals surface area contributed by atoms with Crippen LogP contribution in [0.1, 0.15) is 33.6 Å². The zero-order valence-electron chi connectivity index (χ0n) is 14.6. The van der Waals surface area contributed by atoms with Crippen molar-refractivity contribution in [1.82, 2.24) is 4.98 Å². The molecule has 5 nitrogen and oxygen atoms in total. The van der Waals surface area contributed by atoms with Gasteiger partial charge < -0.3 is 14.6 Å².